The maximum absolute atomic E-state index is 8.89. The summed E-state index contributed by atoms with van der Waals surface area (Å²) in [7, 11) is 0. The van der Waals surface area contributed by atoms with Gasteiger partial charge in [-0.3, -0.25) is 0 Å². The van der Waals surface area contributed by atoms with Crippen LogP contribution in [0.3, 0.4) is 0 Å². The minimum absolute atomic E-state index is 0. The smallest absolute Gasteiger partial charge is 1.00 e. The Morgan fingerprint density at radius 2 is 1.67 bits per heavy atom. The summed E-state index contributed by atoms with van der Waals surface area (Å²) < 4.78 is 0. The van der Waals surface area contributed by atoms with E-state index in [1.54, 1.807) is 0 Å². The first-order valence-electron chi connectivity index (χ1n) is 0.908. The van der Waals surface area contributed by atoms with Gasteiger partial charge in [-0.05, 0) is 6.92 Å². The van der Waals surface area contributed by atoms with Gasteiger partial charge in [0.05, 0.1) is 0 Å². The molecule has 0 N–H and O–H groups in total. The first-order valence-corrected chi connectivity index (χ1v) is 0.908. The predicted octanol–water partition coefficient (Wildman–Crippen LogP) is -4.24. The summed E-state index contributed by atoms with van der Waals surface area (Å²) in [6.45, 7) is 0.972. The van der Waals surface area contributed by atoms with Crippen molar-refractivity contribution in [1.29, 1.82) is 0 Å². The van der Waals surface area contributed by atoms with Gasteiger partial charge >= 0.3 is 41.7 Å². The Morgan fingerprint density at radius 1 is 1.67 bits per heavy atom. The molecule has 0 bridgehead atoms. The van der Waals surface area contributed by atoms with Crippen LogP contribution in [0.5, 0.6) is 0 Å². The number of rotatable bonds is 0. The fourth-order valence-electron chi connectivity index (χ4n) is 0. The molecular weight excluding hydrogens is 232 g/mol. The van der Waals surface area contributed by atoms with E-state index in [0.717, 1.165) is 6.92 Å². The topological polar surface area (TPSA) is 40.1 Å². The van der Waals surface area contributed by atoms with Crippen LogP contribution in [0.25, 0.3) is 0 Å². The van der Waals surface area contributed by atoms with Gasteiger partial charge in [0, 0.05) is 5.97 Å². The molecule has 0 spiro atoms. The van der Waals surface area contributed by atoms with Crippen LogP contribution in [0.4, 0.5) is 0 Å². The average molecular weight is 235 g/mol. The van der Waals surface area contributed by atoms with E-state index < -0.39 is 5.97 Å². The molecule has 0 fully saturated rings. The molecule has 0 aromatic rings. The van der Waals surface area contributed by atoms with Crippen LogP contribution in [0.2, 0.25) is 0 Å². The summed E-state index contributed by atoms with van der Waals surface area (Å²) in [5.41, 5.74) is 0. The summed E-state index contributed by atoms with van der Waals surface area (Å²) >= 11 is 0. The molecule has 0 saturated carbocycles. The fourth-order valence-corrected chi connectivity index (χ4v) is 0. The van der Waals surface area contributed by atoms with Gasteiger partial charge in [-0.25, -0.2) is 0 Å². The second-order valence-corrected chi connectivity index (χ2v) is 0.492. The minimum Gasteiger partial charge on any atom is -1.00 e. The van der Waals surface area contributed by atoms with Crippen molar-refractivity contribution < 1.29 is 64.1 Å². The molecule has 0 unspecified atom stereocenters. The number of halogens is 1. The standard InChI is InChI=1S/C2H4O2.Ce.ClH/c1-2(3)4;;/h1H3,(H,3,4);;1H/q;+2;/p-2. The molecule has 0 heterocycles. The normalized spacial score (nSPS) is 4.17. The van der Waals surface area contributed by atoms with Crippen molar-refractivity contribution >= 4 is 5.97 Å². The van der Waals surface area contributed by atoms with Crippen molar-refractivity contribution in [3.63, 3.8) is 0 Å². The van der Waals surface area contributed by atoms with E-state index in [2.05, 4.69) is 0 Å². The number of hydrogen-bond donors (Lipinski definition) is 0. The number of carboxylic acids is 1. The molecule has 4 heteroatoms. The number of carbonyl (C=O) groups is 1. The van der Waals surface area contributed by atoms with Crippen LogP contribution >= 0.6 is 0 Å². The number of hydrogen-bond acceptors (Lipinski definition) is 2. The molecule has 2 nitrogen and oxygen atoms in total. The van der Waals surface area contributed by atoms with Crippen molar-refractivity contribution in [2.24, 2.45) is 0 Å². The van der Waals surface area contributed by atoms with E-state index in [1.807, 2.05) is 0 Å². The van der Waals surface area contributed by atoms with E-state index in [1.165, 1.54) is 0 Å². The molecule has 0 aliphatic carbocycles. The monoisotopic (exact) mass is 234 g/mol. The molecule has 0 aromatic carbocycles. The van der Waals surface area contributed by atoms with Crippen LogP contribution in [0.1, 0.15) is 6.92 Å². The SMILES string of the molecule is CC(=O)[O-].[Ce+2].[Cl-]. The van der Waals surface area contributed by atoms with Crippen LogP contribution in [0, 0.1) is 41.7 Å². The first-order chi connectivity index (χ1) is 1.73. The molecule has 0 rings (SSSR count). The predicted molar refractivity (Wildman–Crippen MR) is 10.7 cm³/mol. The molecule has 0 saturated heterocycles. The third kappa shape index (κ3) is 68.0. The van der Waals surface area contributed by atoms with Gasteiger partial charge in [-0.15, -0.1) is 0 Å². The summed E-state index contributed by atoms with van der Waals surface area (Å²) in [6, 6.07) is 0. The van der Waals surface area contributed by atoms with Crippen LogP contribution < -0.4 is 17.5 Å². The number of carbonyl (C=O) groups excluding carboxylic acids is 1. The summed E-state index contributed by atoms with van der Waals surface area (Å²) in [4.78, 5) is 8.89. The minimum atomic E-state index is -1.08. The van der Waals surface area contributed by atoms with Crippen molar-refractivity contribution in [1.82, 2.24) is 0 Å². The van der Waals surface area contributed by atoms with Gasteiger partial charge in [0.1, 0.15) is 0 Å². The van der Waals surface area contributed by atoms with E-state index in [9.17, 15) is 0 Å². The van der Waals surface area contributed by atoms with Crippen LogP contribution in [0.15, 0.2) is 0 Å². The zero-order valence-corrected chi connectivity index (χ0v) is 7.09. The quantitative estimate of drug-likeness (QED) is 0.426. The summed E-state index contributed by atoms with van der Waals surface area (Å²) in [5, 5.41) is 8.89. The largest absolute Gasteiger partial charge is 2.00 e. The van der Waals surface area contributed by atoms with Gasteiger partial charge in [0.15, 0.2) is 0 Å². The number of aliphatic carboxylic acids is 1. The molecule has 6 heavy (non-hydrogen) atoms. The van der Waals surface area contributed by atoms with E-state index in [4.69, 9.17) is 9.90 Å². The van der Waals surface area contributed by atoms with Crippen LogP contribution in [-0.4, -0.2) is 5.97 Å². The van der Waals surface area contributed by atoms with Crippen LogP contribution in [-0.2, 0) is 4.79 Å². The molecule has 34 valence electrons. The Kier molecular flexibility index (Phi) is 24.8. The van der Waals surface area contributed by atoms with Crippen molar-refractivity contribution in [3.05, 3.63) is 0 Å². The molecule has 0 aliphatic heterocycles. The maximum atomic E-state index is 8.89. The molecule has 0 aliphatic rings. The van der Waals surface area contributed by atoms with E-state index in [0.29, 0.717) is 0 Å². The average Bonchev–Trinajstić information content (AvgIpc) is 0.811. The van der Waals surface area contributed by atoms with Gasteiger partial charge in [0.25, 0.3) is 0 Å². The van der Waals surface area contributed by atoms with Crippen molar-refractivity contribution in [3.8, 4) is 0 Å². The maximum Gasteiger partial charge on any atom is 2.00 e. The molecule has 0 radical (unpaired) electrons. The van der Waals surface area contributed by atoms with E-state index >= 15 is 0 Å². The first kappa shape index (κ1) is 15.7. The Labute approximate surface area is 76.1 Å². The Bertz CT molecular complexity index is 34.5. The van der Waals surface area contributed by atoms with Crippen molar-refractivity contribution in [2.45, 2.75) is 6.92 Å². The zero-order valence-electron chi connectivity index (χ0n) is 3.19. The van der Waals surface area contributed by atoms with Crippen molar-refractivity contribution in [2.75, 3.05) is 0 Å². The van der Waals surface area contributed by atoms with Gasteiger partial charge in [-0.1, -0.05) is 0 Å². The fraction of sp³-hybridized carbons (Fsp3) is 0.500. The third-order valence-corrected chi connectivity index (χ3v) is 0. The van der Waals surface area contributed by atoms with Gasteiger partial charge in [0.2, 0.25) is 0 Å². The van der Waals surface area contributed by atoms with Gasteiger partial charge < -0.3 is 22.3 Å². The number of carboxylic acid groups (broad SMARTS) is 1. The summed E-state index contributed by atoms with van der Waals surface area (Å²) in [5.74, 6) is -1.08. The molecule has 0 amide bonds. The Balaban J connectivity index is -0.0000000450. The summed E-state index contributed by atoms with van der Waals surface area (Å²) in [6.07, 6.45) is 0. The second kappa shape index (κ2) is 9.46. The third-order valence-electron chi connectivity index (χ3n) is 0. The Hall–Kier alpha value is 1.14. The Morgan fingerprint density at radius 3 is 1.67 bits per heavy atom. The second-order valence-electron chi connectivity index (χ2n) is 0.492. The van der Waals surface area contributed by atoms with E-state index in [-0.39, 0.29) is 54.2 Å². The molecule has 0 aromatic heterocycles. The van der Waals surface area contributed by atoms with Gasteiger partial charge in [-0.2, -0.15) is 0 Å². The zero-order chi connectivity index (χ0) is 3.58. The molecular formula is C2H3CeClO2. The molecule has 0 atom stereocenters.